The lowest BCUT2D eigenvalue weighted by atomic mass is 10.1. The number of hydrogen-bond donors (Lipinski definition) is 1. The average Bonchev–Trinajstić information content (AvgIpc) is 2.58. The average molecular weight is 345 g/mol. The zero-order valence-corrected chi connectivity index (χ0v) is 15.4. The minimum Gasteiger partial charge on any atom is -0.352 e. The van der Waals surface area contributed by atoms with Crippen LogP contribution in [0.4, 0.5) is 0 Å². The maximum absolute atomic E-state index is 12.9. The molecule has 0 spiro atoms. The minimum atomic E-state index is -0.427. The van der Waals surface area contributed by atoms with Crippen LogP contribution >= 0.6 is 0 Å². The Labute approximate surface area is 147 Å². The Hall–Kier alpha value is -2.37. The molecule has 0 aliphatic heterocycles. The van der Waals surface area contributed by atoms with Crippen LogP contribution in [0, 0.1) is 5.92 Å². The van der Waals surface area contributed by atoms with Crippen molar-refractivity contribution in [3.8, 4) is 0 Å². The number of rotatable bonds is 7. The smallest absolute Gasteiger partial charge is 0.331 e. The molecule has 2 aromatic rings. The van der Waals surface area contributed by atoms with Crippen molar-refractivity contribution in [2.24, 2.45) is 5.92 Å². The third-order valence-electron chi connectivity index (χ3n) is 4.38. The molecule has 1 amide bonds. The highest BCUT2D eigenvalue weighted by Crippen LogP contribution is 2.08. The molecule has 2 rings (SSSR count). The summed E-state index contributed by atoms with van der Waals surface area (Å²) in [6.07, 6.45) is 1.54. The number of nitrogens with one attached hydrogen (secondary N) is 1. The zero-order chi connectivity index (χ0) is 18.6. The molecule has 136 valence electrons. The summed E-state index contributed by atoms with van der Waals surface area (Å²) in [6, 6.07) is 6.99. The first kappa shape index (κ1) is 19.0. The Bertz CT molecular complexity index is 864. The van der Waals surface area contributed by atoms with Gasteiger partial charge in [0.25, 0.3) is 5.56 Å². The summed E-state index contributed by atoms with van der Waals surface area (Å²) < 4.78 is 2.65. The molecule has 1 atom stereocenters. The van der Waals surface area contributed by atoms with Crippen LogP contribution in [-0.4, -0.2) is 21.1 Å². The van der Waals surface area contributed by atoms with Crippen molar-refractivity contribution in [1.82, 2.24) is 14.5 Å². The summed E-state index contributed by atoms with van der Waals surface area (Å²) in [5.41, 5.74) is -0.221. The molecule has 0 aliphatic rings. The molecule has 0 fully saturated rings. The Morgan fingerprint density at radius 3 is 2.44 bits per heavy atom. The number of benzene rings is 1. The van der Waals surface area contributed by atoms with Gasteiger partial charge in [-0.25, -0.2) is 4.79 Å². The van der Waals surface area contributed by atoms with Crippen molar-refractivity contribution in [2.75, 3.05) is 0 Å². The molecule has 1 unspecified atom stereocenters. The predicted molar refractivity (Wildman–Crippen MR) is 99.8 cm³/mol. The monoisotopic (exact) mass is 345 g/mol. The second-order valence-electron chi connectivity index (χ2n) is 6.90. The van der Waals surface area contributed by atoms with Crippen LogP contribution in [0.15, 0.2) is 33.9 Å². The van der Waals surface area contributed by atoms with E-state index in [1.54, 1.807) is 24.3 Å². The fraction of sp³-hybridized carbons (Fsp3) is 0.526. The number of carbonyl (C=O) groups is 1. The van der Waals surface area contributed by atoms with Crippen molar-refractivity contribution < 1.29 is 4.79 Å². The topological polar surface area (TPSA) is 73.1 Å². The Kier molecular flexibility index (Phi) is 6.17. The highest BCUT2D eigenvalue weighted by molar-refractivity contribution is 5.81. The molecule has 1 N–H and O–H groups in total. The van der Waals surface area contributed by atoms with Gasteiger partial charge in [0.2, 0.25) is 5.91 Å². The molecule has 0 bridgehead atoms. The fourth-order valence-corrected chi connectivity index (χ4v) is 2.67. The molecule has 6 heteroatoms. The first-order valence-corrected chi connectivity index (χ1v) is 8.86. The number of aromatic nitrogens is 2. The van der Waals surface area contributed by atoms with Gasteiger partial charge in [-0.2, -0.15) is 0 Å². The lowest BCUT2D eigenvalue weighted by Crippen LogP contribution is -2.43. The molecule has 0 radical (unpaired) electrons. The molecule has 1 aromatic carbocycles. The molecule has 0 aliphatic carbocycles. The largest absolute Gasteiger partial charge is 0.352 e. The third-order valence-corrected chi connectivity index (χ3v) is 4.38. The van der Waals surface area contributed by atoms with Gasteiger partial charge in [0.15, 0.2) is 0 Å². The van der Waals surface area contributed by atoms with E-state index in [1.807, 2.05) is 27.7 Å². The summed E-state index contributed by atoms with van der Waals surface area (Å²) in [6.45, 7) is 8.26. The number of nitrogens with zero attached hydrogens (tertiary/aromatic N) is 2. The van der Waals surface area contributed by atoms with Gasteiger partial charge in [-0.05, 0) is 37.8 Å². The van der Waals surface area contributed by atoms with E-state index in [0.29, 0.717) is 23.4 Å². The highest BCUT2D eigenvalue weighted by Gasteiger charge is 2.16. The highest BCUT2D eigenvalue weighted by atomic mass is 16.2. The molecule has 1 aromatic heterocycles. The SMILES string of the molecule is CCC(C)NC(=O)Cn1c(=O)n(CCC(C)C)c(=O)c2ccccc21. The van der Waals surface area contributed by atoms with Gasteiger partial charge in [-0.1, -0.05) is 32.9 Å². The Morgan fingerprint density at radius 2 is 1.80 bits per heavy atom. The van der Waals surface area contributed by atoms with Gasteiger partial charge in [0.05, 0.1) is 10.9 Å². The Morgan fingerprint density at radius 1 is 1.12 bits per heavy atom. The van der Waals surface area contributed by atoms with Crippen molar-refractivity contribution in [3.63, 3.8) is 0 Å². The first-order valence-electron chi connectivity index (χ1n) is 8.86. The van der Waals surface area contributed by atoms with Crippen molar-refractivity contribution >= 4 is 16.8 Å². The maximum Gasteiger partial charge on any atom is 0.331 e. The minimum absolute atomic E-state index is 0.0429. The number of fused-ring (bicyclic) bond motifs is 1. The number of hydrogen-bond acceptors (Lipinski definition) is 3. The van der Waals surface area contributed by atoms with E-state index in [2.05, 4.69) is 5.32 Å². The van der Waals surface area contributed by atoms with Crippen LogP contribution in [0.5, 0.6) is 0 Å². The van der Waals surface area contributed by atoms with E-state index in [-0.39, 0.29) is 24.1 Å². The molecule has 0 saturated carbocycles. The van der Waals surface area contributed by atoms with E-state index in [0.717, 1.165) is 12.8 Å². The molecule has 25 heavy (non-hydrogen) atoms. The lowest BCUT2D eigenvalue weighted by molar-refractivity contribution is -0.122. The predicted octanol–water partition coefficient (Wildman–Crippen LogP) is 2.12. The Balaban J connectivity index is 2.52. The van der Waals surface area contributed by atoms with Gasteiger partial charge in [0.1, 0.15) is 6.54 Å². The molecular formula is C19H27N3O3. The second kappa shape index (κ2) is 8.14. The van der Waals surface area contributed by atoms with Gasteiger partial charge in [0, 0.05) is 12.6 Å². The zero-order valence-electron chi connectivity index (χ0n) is 15.4. The summed E-state index contributed by atoms with van der Waals surface area (Å²) in [5.74, 6) is 0.149. The summed E-state index contributed by atoms with van der Waals surface area (Å²) in [7, 11) is 0. The second-order valence-corrected chi connectivity index (χ2v) is 6.90. The number of para-hydroxylation sites is 1. The third kappa shape index (κ3) is 4.38. The fourth-order valence-electron chi connectivity index (χ4n) is 2.67. The lowest BCUT2D eigenvalue weighted by Gasteiger charge is -2.16. The van der Waals surface area contributed by atoms with E-state index >= 15 is 0 Å². The van der Waals surface area contributed by atoms with Gasteiger partial charge in [-0.3, -0.25) is 18.7 Å². The number of carbonyl (C=O) groups excluding carboxylic acids is 1. The van der Waals surface area contributed by atoms with E-state index in [9.17, 15) is 14.4 Å². The van der Waals surface area contributed by atoms with E-state index in [1.165, 1.54) is 9.13 Å². The standard InChI is InChI=1S/C19H27N3O3/c1-5-14(4)20-17(23)12-22-16-9-7-6-8-15(16)18(24)21(19(22)25)11-10-13(2)3/h6-9,13-14H,5,10-12H2,1-4H3,(H,20,23). The molecular weight excluding hydrogens is 318 g/mol. The summed E-state index contributed by atoms with van der Waals surface area (Å²) in [5, 5.41) is 3.33. The van der Waals surface area contributed by atoms with Crippen LogP contribution in [0.2, 0.25) is 0 Å². The molecule has 0 saturated heterocycles. The normalized spacial score (nSPS) is 12.5. The maximum atomic E-state index is 12.9. The van der Waals surface area contributed by atoms with Crippen molar-refractivity contribution in [3.05, 3.63) is 45.1 Å². The van der Waals surface area contributed by atoms with Crippen molar-refractivity contribution in [2.45, 2.75) is 59.7 Å². The summed E-state index contributed by atoms with van der Waals surface area (Å²) >= 11 is 0. The quantitative estimate of drug-likeness (QED) is 0.835. The van der Waals surface area contributed by atoms with Crippen LogP contribution in [0.25, 0.3) is 10.9 Å². The van der Waals surface area contributed by atoms with Crippen LogP contribution < -0.4 is 16.6 Å². The van der Waals surface area contributed by atoms with E-state index in [4.69, 9.17) is 0 Å². The van der Waals surface area contributed by atoms with Crippen LogP contribution in [0.1, 0.15) is 40.5 Å². The van der Waals surface area contributed by atoms with Gasteiger partial charge < -0.3 is 5.32 Å². The molecule has 6 nitrogen and oxygen atoms in total. The molecule has 1 heterocycles. The first-order chi connectivity index (χ1) is 11.8. The van der Waals surface area contributed by atoms with Gasteiger partial charge in [-0.15, -0.1) is 0 Å². The number of amides is 1. The van der Waals surface area contributed by atoms with E-state index < -0.39 is 5.69 Å². The van der Waals surface area contributed by atoms with Crippen LogP contribution in [0.3, 0.4) is 0 Å². The van der Waals surface area contributed by atoms with Gasteiger partial charge >= 0.3 is 5.69 Å². The summed E-state index contributed by atoms with van der Waals surface area (Å²) in [4.78, 5) is 37.8. The van der Waals surface area contributed by atoms with Crippen LogP contribution in [-0.2, 0) is 17.9 Å². The van der Waals surface area contributed by atoms with Crippen molar-refractivity contribution in [1.29, 1.82) is 0 Å².